The molecule has 26 heavy (non-hydrogen) atoms. The third-order valence-corrected chi connectivity index (χ3v) is 6.08. The summed E-state index contributed by atoms with van der Waals surface area (Å²) >= 11 is 0. The van der Waals surface area contributed by atoms with Crippen LogP contribution >= 0.6 is 0 Å². The van der Waals surface area contributed by atoms with E-state index < -0.39 is 10.0 Å². The molecule has 0 heterocycles. The summed E-state index contributed by atoms with van der Waals surface area (Å²) < 4.78 is 25.3. The second-order valence-corrected chi connectivity index (χ2v) is 8.51. The third-order valence-electron chi connectivity index (χ3n) is 4.25. The molecule has 0 saturated carbocycles. The lowest BCUT2D eigenvalue weighted by molar-refractivity contribution is -0.117. The van der Waals surface area contributed by atoms with E-state index in [1.165, 1.54) is 26.2 Å². The van der Waals surface area contributed by atoms with Gasteiger partial charge in [-0.2, -0.15) is 0 Å². The normalized spacial score (nSPS) is 13.0. The van der Waals surface area contributed by atoms with Gasteiger partial charge in [0.15, 0.2) is 0 Å². The van der Waals surface area contributed by atoms with E-state index in [2.05, 4.69) is 5.32 Å². The average Bonchev–Trinajstić information content (AvgIpc) is 2.62. The summed E-state index contributed by atoms with van der Waals surface area (Å²) in [4.78, 5) is 14.4. The minimum atomic E-state index is -3.47. The Labute approximate surface area is 155 Å². The standard InChI is InChI=1S/C19H25N3O3S/c1-15(16-8-6-5-7-9-16)22(4)14-19(23)20-17-10-12-18(13-11-17)26(24,25)21(2)3/h5-13,15H,14H2,1-4H3,(H,20,23). The van der Waals surface area contributed by atoms with Gasteiger partial charge < -0.3 is 5.32 Å². The largest absolute Gasteiger partial charge is 0.325 e. The lowest BCUT2D eigenvalue weighted by atomic mass is 10.1. The fourth-order valence-electron chi connectivity index (χ4n) is 2.47. The maximum absolute atomic E-state index is 12.3. The molecule has 2 aromatic carbocycles. The van der Waals surface area contributed by atoms with Crippen LogP contribution < -0.4 is 5.32 Å². The molecule has 6 nitrogen and oxygen atoms in total. The number of hydrogen-bond donors (Lipinski definition) is 1. The van der Waals surface area contributed by atoms with Gasteiger partial charge in [0.25, 0.3) is 0 Å². The average molecular weight is 375 g/mol. The predicted octanol–water partition coefficient (Wildman–Crippen LogP) is 2.57. The SMILES string of the molecule is CC(c1ccccc1)N(C)CC(=O)Nc1ccc(S(=O)(=O)N(C)C)cc1. The van der Waals surface area contributed by atoms with E-state index in [1.807, 2.05) is 49.2 Å². The number of sulfonamides is 1. The van der Waals surface area contributed by atoms with Crippen molar-refractivity contribution < 1.29 is 13.2 Å². The number of amides is 1. The minimum absolute atomic E-state index is 0.106. The molecule has 1 unspecified atom stereocenters. The monoisotopic (exact) mass is 375 g/mol. The molecule has 0 saturated heterocycles. The molecule has 0 aromatic heterocycles. The van der Waals surface area contributed by atoms with Crippen molar-refractivity contribution in [3.05, 3.63) is 60.2 Å². The summed E-state index contributed by atoms with van der Waals surface area (Å²) in [6, 6.07) is 16.2. The Morgan fingerprint density at radius 1 is 1.00 bits per heavy atom. The lowest BCUT2D eigenvalue weighted by Crippen LogP contribution is -2.32. The van der Waals surface area contributed by atoms with Crippen molar-refractivity contribution in [1.82, 2.24) is 9.21 Å². The van der Waals surface area contributed by atoms with E-state index in [-0.39, 0.29) is 23.4 Å². The van der Waals surface area contributed by atoms with Gasteiger partial charge in [0.1, 0.15) is 0 Å². The highest BCUT2D eigenvalue weighted by molar-refractivity contribution is 7.89. The van der Waals surface area contributed by atoms with Crippen LogP contribution in [0.1, 0.15) is 18.5 Å². The van der Waals surface area contributed by atoms with Crippen LogP contribution in [0.5, 0.6) is 0 Å². The van der Waals surface area contributed by atoms with Crippen LogP contribution in [-0.4, -0.2) is 51.2 Å². The van der Waals surface area contributed by atoms with E-state index in [0.717, 1.165) is 9.87 Å². The summed E-state index contributed by atoms with van der Waals surface area (Å²) in [7, 11) is 1.38. The zero-order valence-electron chi connectivity index (χ0n) is 15.5. The minimum Gasteiger partial charge on any atom is -0.325 e. The number of carbonyl (C=O) groups excluding carboxylic acids is 1. The van der Waals surface area contributed by atoms with Crippen LogP contribution in [0, 0.1) is 0 Å². The summed E-state index contributed by atoms with van der Waals surface area (Å²) in [5, 5.41) is 2.80. The molecular formula is C19H25N3O3S. The number of likely N-dealkylation sites (N-methyl/N-ethyl adjacent to an activating group) is 1. The maximum atomic E-state index is 12.3. The number of benzene rings is 2. The first-order valence-electron chi connectivity index (χ1n) is 8.29. The Balaban J connectivity index is 1.97. The topological polar surface area (TPSA) is 69.7 Å². The van der Waals surface area contributed by atoms with Crippen LogP contribution in [0.4, 0.5) is 5.69 Å². The molecule has 0 radical (unpaired) electrons. The van der Waals surface area contributed by atoms with Gasteiger partial charge in [0, 0.05) is 25.8 Å². The van der Waals surface area contributed by atoms with Gasteiger partial charge in [0.2, 0.25) is 15.9 Å². The van der Waals surface area contributed by atoms with Gasteiger partial charge in [-0.3, -0.25) is 9.69 Å². The summed E-state index contributed by atoms with van der Waals surface area (Å²) in [6.45, 7) is 2.28. The second-order valence-electron chi connectivity index (χ2n) is 6.36. The number of carbonyl (C=O) groups is 1. The van der Waals surface area contributed by atoms with Gasteiger partial charge in [-0.05, 0) is 43.8 Å². The summed E-state index contributed by atoms with van der Waals surface area (Å²) in [5.74, 6) is -0.154. The maximum Gasteiger partial charge on any atom is 0.242 e. The van der Waals surface area contributed by atoms with E-state index in [1.54, 1.807) is 12.1 Å². The number of rotatable bonds is 7. The molecule has 2 rings (SSSR count). The number of nitrogens with zero attached hydrogens (tertiary/aromatic N) is 2. The van der Waals surface area contributed by atoms with Gasteiger partial charge >= 0.3 is 0 Å². The van der Waals surface area contributed by atoms with Crippen molar-refractivity contribution in [2.75, 3.05) is 33.0 Å². The van der Waals surface area contributed by atoms with Gasteiger partial charge in [-0.15, -0.1) is 0 Å². The second kappa shape index (κ2) is 8.44. The highest BCUT2D eigenvalue weighted by atomic mass is 32.2. The van der Waals surface area contributed by atoms with Crippen molar-refractivity contribution in [2.24, 2.45) is 0 Å². The van der Waals surface area contributed by atoms with E-state index in [0.29, 0.717) is 5.69 Å². The molecule has 0 aliphatic heterocycles. The Morgan fingerprint density at radius 2 is 1.58 bits per heavy atom. The van der Waals surface area contributed by atoms with Crippen LogP contribution in [0.15, 0.2) is 59.5 Å². The predicted molar refractivity (Wildman–Crippen MR) is 103 cm³/mol. The third kappa shape index (κ3) is 4.91. The first-order valence-corrected chi connectivity index (χ1v) is 9.73. The first kappa shape index (κ1) is 20.1. The molecule has 2 aromatic rings. The van der Waals surface area contributed by atoms with E-state index >= 15 is 0 Å². The smallest absolute Gasteiger partial charge is 0.242 e. The van der Waals surface area contributed by atoms with Crippen molar-refractivity contribution in [3.8, 4) is 0 Å². The van der Waals surface area contributed by atoms with Crippen molar-refractivity contribution in [1.29, 1.82) is 0 Å². The van der Waals surface area contributed by atoms with Gasteiger partial charge in [-0.25, -0.2) is 12.7 Å². The molecule has 0 aliphatic carbocycles. The van der Waals surface area contributed by atoms with E-state index in [4.69, 9.17) is 0 Å². The zero-order chi connectivity index (χ0) is 19.3. The lowest BCUT2D eigenvalue weighted by Gasteiger charge is -2.24. The Bertz CT molecular complexity index is 834. The van der Waals surface area contributed by atoms with Crippen LogP contribution in [0.25, 0.3) is 0 Å². The number of hydrogen-bond acceptors (Lipinski definition) is 4. The Kier molecular flexibility index (Phi) is 6.52. The molecule has 0 aliphatic rings. The Hall–Kier alpha value is -2.22. The molecule has 1 atom stereocenters. The molecule has 1 amide bonds. The van der Waals surface area contributed by atoms with E-state index in [9.17, 15) is 13.2 Å². The summed E-state index contributed by atoms with van der Waals surface area (Å²) in [6.07, 6.45) is 0. The molecule has 7 heteroatoms. The fourth-order valence-corrected chi connectivity index (χ4v) is 3.37. The van der Waals surface area contributed by atoms with Crippen molar-refractivity contribution in [3.63, 3.8) is 0 Å². The molecule has 0 spiro atoms. The molecule has 0 fully saturated rings. The van der Waals surface area contributed by atoms with Gasteiger partial charge in [0.05, 0.1) is 11.4 Å². The van der Waals surface area contributed by atoms with Crippen LogP contribution in [-0.2, 0) is 14.8 Å². The zero-order valence-corrected chi connectivity index (χ0v) is 16.3. The molecule has 1 N–H and O–H groups in total. The highest BCUT2D eigenvalue weighted by Gasteiger charge is 2.17. The van der Waals surface area contributed by atoms with Crippen LogP contribution in [0.3, 0.4) is 0 Å². The van der Waals surface area contributed by atoms with Crippen LogP contribution in [0.2, 0.25) is 0 Å². The fraction of sp³-hybridized carbons (Fsp3) is 0.316. The Morgan fingerprint density at radius 3 is 2.12 bits per heavy atom. The number of nitrogens with one attached hydrogen (secondary N) is 1. The van der Waals surface area contributed by atoms with Gasteiger partial charge in [-0.1, -0.05) is 30.3 Å². The quantitative estimate of drug-likeness (QED) is 0.807. The molecule has 140 valence electrons. The van der Waals surface area contributed by atoms with Crippen molar-refractivity contribution >= 4 is 21.6 Å². The highest BCUT2D eigenvalue weighted by Crippen LogP contribution is 2.19. The molecular weight excluding hydrogens is 350 g/mol. The van der Waals surface area contributed by atoms with Crippen molar-refractivity contribution in [2.45, 2.75) is 17.9 Å². The first-order chi connectivity index (χ1) is 12.2. The summed E-state index contributed by atoms with van der Waals surface area (Å²) in [5.41, 5.74) is 1.70. The number of anilines is 1. The molecule has 0 bridgehead atoms.